The van der Waals surface area contributed by atoms with Gasteiger partial charge in [-0.2, -0.15) is 0 Å². The predicted molar refractivity (Wildman–Crippen MR) is 75.6 cm³/mol. The Hall–Kier alpha value is -2.09. The second kappa shape index (κ2) is 6.01. The minimum absolute atomic E-state index is 0.724. The molecule has 0 spiro atoms. The largest absolute Gasteiger partial charge is 0.457 e. The molecule has 2 rings (SSSR count). The Labute approximate surface area is 108 Å². The van der Waals surface area contributed by atoms with Gasteiger partial charge in [-0.05, 0) is 49.9 Å². The van der Waals surface area contributed by atoms with E-state index in [9.17, 15) is 0 Å². The summed E-state index contributed by atoms with van der Waals surface area (Å²) >= 11 is 0. The quantitative estimate of drug-likeness (QED) is 0.726. The van der Waals surface area contributed by atoms with Crippen LogP contribution in [0.15, 0.2) is 53.5 Å². The van der Waals surface area contributed by atoms with E-state index in [1.807, 2.05) is 61.7 Å². The average Bonchev–Trinajstić information content (AvgIpc) is 2.41. The highest BCUT2D eigenvalue weighted by molar-refractivity contribution is 5.53. The number of hydrogen-bond acceptors (Lipinski definition) is 2. The van der Waals surface area contributed by atoms with Gasteiger partial charge in [0.2, 0.25) is 0 Å². The van der Waals surface area contributed by atoms with Crippen LogP contribution < -0.4 is 4.74 Å². The van der Waals surface area contributed by atoms with Crippen LogP contribution in [0.1, 0.15) is 18.1 Å². The highest BCUT2D eigenvalue weighted by Gasteiger charge is 1.97. The third-order valence-corrected chi connectivity index (χ3v) is 2.64. The van der Waals surface area contributed by atoms with Crippen molar-refractivity contribution < 1.29 is 4.74 Å². The van der Waals surface area contributed by atoms with Gasteiger partial charge in [0, 0.05) is 0 Å². The molecule has 0 atom stereocenters. The van der Waals surface area contributed by atoms with Crippen molar-refractivity contribution in [1.82, 2.24) is 0 Å². The molecule has 2 aromatic rings. The Morgan fingerprint density at radius 2 is 1.50 bits per heavy atom. The molecule has 0 N–H and O–H groups in total. The Kier molecular flexibility index (Phi) is 4.13. The molecule has 0 saturated heterocycles. The molecule has 18 heavy (non-hydrogen) atoms. The predicted octanol–water partition coefficient (Wildman–Crippen LogP) is 4.38. The molecular weight excluding hydrogens is 222 g/mol. The Morgan fingerprint density at radius 3 is 2.06 bits per heavy atom. The molecule has 2 heteroatoms. The van der Waals surface area contributed by atoms with E-state index >= 15 is 0 Å². The highest BCUT2D eigenvalue weighted by Crippen LogP contribution is 2.22. The third kappa shape index (κ3) is 3.45. The van der Waals surface area contributed by atoms with Crippen molar-refractivity contribution in [1.29, 1.82) is 0 Å². The van der Waals surface area contributed by atoms with Crippen molar-refractivity contribution >= 4 is 6.21 Å². The van der Waals surface area contributed by atoms with Crippen molar-refractivity contribution in [3.8, 4) is 11.5 Å². The first-order valence-electron chi connectivity index (χ1n) is 6.06. The first-order valence-corrected chi connectivity index (χ1v) is 6.06. The number of ether oxygens (including phenoxy) is 1. The lowest BCUT2D eigenvalue weighted by Gasteiger charge is -2.06. The number of aryl methyl sites for hydroxylation is 1. The lowest BCUT2D eigenvalue weighted by molar-refractivity contribution is 0.482. The van der Waals surface area contributed by atoms with Crippen molar-refractivity contribution in [2.24, 2.45) is 4.99 Å². The van der Waals surface area contributed by atoms with E-state index < -0.39 is 0 Å². The zero-order valence-electron chi connectivity index (χ0n) is 10.8. The van der Waals surface area contributed by atoms with Crippen LogP contribution in [-0.2, 0) is 6.54 Å². The third-order valence-electron chi connectivity index (χ3n) is 2.64. The summed E-state index contributed by atoms with van der Waals surface area (Å²) in [5.41, 5.74) is 2.42. The minimum atomic E-state index is 0.724. The van der Waals surface area contributed by atoms with Crippen LogP contribution in [0, 0.1) is 6.92 Å². The lowest BCUT2D eigenvalue weighted by Crippen LogP contribution is -1.86. The Bertz CT molecular complexity index is 512. The van der Waals surface area contributed by atoms with E-state index in [0.29, 0.717) is 0 Å². The fourth-order valence-corrected chi connectivity index (χ4v) is 1.60. The highest BCUT2D eigenvalue weighted by atomic mass is 16.5. The van der Waals surface area contributed by atoms with Gasteiger partial charge in [0.1, 0.15) is 11.5 Å². The SMILES string of the molecule is CC=NCc1ccc(Oc2ccc(C)cc2)cc1. The van der Waals surface area contributed by atoms with Crippen LogP contribution in [0.2, 0.25) is 0 Å². The van der Waals surface area contributed by atoms with E-state index in [1.165, 1.54) is 11.1 Å². The van der Waals surface area contributed by atoms with Crippen LogP contribution >= 0.6 is 0 Å². The maximum atomic E-state index is 5.75. The van der Waals surface area contributed by atoms with Gasteiger partial charge in [-0.15, -0.1) is 0 Å². The summed E-state index contributed by atoms with van der Waals surface area (Å²) in [4.78, 5) is 4.20. The fraction of sp³-hybridized carbons (Fsp3) is 0.188. The summed E-state index contributed by atoms with van der Waals surface area (Å²) in [6, 6.07) is 16.1. The van der Waals surface area contributed by atoms with Crippen molar-refractivity contribution in [2.45, 2.75) is 20.4 Å². The zero-order valence-corrected chi connectivity index (χ0v) is 10.8. The van der Waals surface area contributed by atoms with Crippen LogP contribution in [0.3, 0.4) is 0 Å². The van der Waals surface area contributed by atoms with Gasteiger partial charge in [-0.1, -0.05) is 29.8 Å². The van der Waals surface area contributed by atoms with Crippen molar-refractivity contribution in [2.75, 3.05) is 0 Å². The molecule has 0 unspecified atom stereocenters. The van der Waals surface area contributed by atoms with E-state index in [4.69, 9.17) is 4.74 Å². The maximum Gasteiger partial charge on any atom is 0.127 e. The molecule has 0 heterocycles. The molecule has 2 nitrogen and oxygen atoms in total. The summed E-state index contributed by atoms with van der Waals surface area (Å²) in [6.07, 6.45) is 1.82. The van der Waals surface area contributed by atoms with E-state index in [1.54, 1.807) is 0 Å². The first kappa shape index (κ1) is 12.4. The number of nitrogens with zero attached hydrogens (tertiary/aromatic N) is 1. The summed E-state index contributed by atoms with van der Waals surface area (Å²) in [5, 5.41) is 0. The van der Waals surface area contributed by atoms with E-state index in [0.717, 1.165) is 18.0 Å². The topological polar surface area (TPSA) is 21.6 Å². The normalized spacial score (nSPS) is 10.8. The zero-order chi connectivity index (χ0) is 12.8. The summed E-state index contributed by atoms with van der Waals surface area (Å²) in [5.74, 6) is 1.71. The maximum absolute atomic E-state index is 5.75. The summed E-state index contributed by atoms with van der Waals surface area (Å²) < 4.78 is 5.75. The molecule has 0 aliphatic carbocycles. The van der Waals surface area contributed by atoms with Crippen molar-refractivity contribution in [3.63, 3.8) is 0 Å². The summed E-state index contributed by atoms with van der Waals surface area (Å²) in [6.45, 7) is 4.71. The van der Waals surface area contributed by atoms with Crippen LogP contribution in [0.25, 0.3) is 0 Å². The molecule has 0 bridgehead atoms. The molecule has 0 fully saturated rings. The number of rotatable bonds is 4. The first-order chi connectivity index (χ1) is 8.78. The van der Waals surface area contributed by atoms with Crippen molar-refractivity contribution in [3.05, 3.63) is 59.7 Å². The standard InChI is InChI=1S/C16H17NO/c1-3-17-12-14-6-10-16(11-7-14)18-15-8-4-13(2)5-9-15/h3-11H,12H2,1-2H3. The molecular formula is C16H17NO. The van der Waals surface area contributed by atoms with Crippen LogP contribution in [-0.4, -0.2) is 6.21 Å². The number of benzene rings is 2. The van der Waals surface area contributed by atoms with E-state index in [2.05, 4.69) is 11.9 Å². The van der Waals surface area contributed by atoms with Gasteiger partial charge in [0.15, 0.2) is 0 Å². The van der Waals surface area contributed by atoms with Gasteiger partial charge in [0.25, 0.3) is 0 Å². The molecule has 0 amide bonds. The summed E-state index contributed by atoms with van der Waals surface area (Å²) in [7, 11) is 0. The number of hydrogen-bond donors (Lipinski definition) is 0. The van der Waals surface area contributed by atoms with Gasteiger partial charge >= 0.3 is 0 Å². The number of aliphatic imine (C=N–C) groups is 1. The van der Waals surface area contributed by atoms with Gasteiger partial charge in [-0.25, -0.2) is 0 Å². The van der Waals surface area contributed by atoms with Gasteiger partial charge < -0.3 is 4.74 Å². The van der Waals surface area contributed by atoms with Crippen LogP contribution in [0.4, 0.5) is 0 Å². The fourth-order valence-electron chi connectivity index (χ4n) is 1.60. The van der Waals surface area contributed by atoms with Gasteiger partial charge in [0.05, 0.1) is 6.54 Å². The van der Waals surface area contributed by atoms with Gasteiger partial charge in [-0.3, -0.25) is 4.99 Å². The Morgan fingerprint density at radius 1 is 0.944 bits per heavy atom. The second-order valence-corrected chi connectivity index (χ2v) is 4.16. The smallest absolute Gasteiger partial charge is 0.127 e. The molecule has 2 aromatic carbocycles. The molecule has 0 aliphatic heterocycles. The minimum Gasteiger partial charge on any atom is -0.457 e. The Balaban J connectivity index is 2.03. The molecule has 0 saturated carbocycles. The molecule has 0 aromatic heterocycles. The average molecular weight is 239 g/mol. The molecule has 92 valence electrons. The monoisotopic (exact) mass is 239 g/mol. The second-order valence-electron chi connectivity index (χ2n) is 4.16. The van der Waals surface area contributed by atoms with E-state index in [-0.39, 0.29) is 0 Å². The molecule has 0 radical (unpaired) electrons. The molecule has 0 aliphatic rings. The lowest BCUT2D eigenvalue weighted by atomic mass is 10.2. The van der Waals surface area contributed by atoms with Crippen LogP contribution in [0.5, 0.6) is 11.5 Å².